The van der Waals surface area contributed by atoms with Gasteiger partial charge in [0, 0.05) is 50.2 Å². The molecule has 0 N–H and O–H groups in total. The van der Waals surface area contributed by atoms with E-state index >= 15 is 0 Å². The van der Waals surface area contributed by atoms with Crippen LogP contribution in [0, 0.1) is 0 Å². The van der Waals surface area contributed by atoms with Gasteiger partial charge in [0.05, 0.1) is 49.4 Å². The molecular weight excluding hydrogens is 428 g/mol. The predicted molar refractivity (Wildman–Crippen MR) is 124 cm³/mol. The van der Waals surface area contributed by atoms with Crippen molar-refractivity contribution in [1.82, 2.24) is 9.13 Å². The largest absolute Gasteiger partial charge is 0.493 e. The smallest absolute Gasteiger partial charge is 0.261 e. The molecule has 9 nitrogen and oxygen atoms in total. The van der Waals surface area contributed by atoms with Gasteiger partial charge >= 0.3 is 0 Å². The van der Waals surface area contributed by atoms with Crippen molar-refractivity contribution in [3.63, 3.8) is 0 Å². The van der Waals surface area contributed by atoms with E-state index in [1.165, 1.54) is 0 Å². The van der Waals surface area contributed by atoms with Crippen molar-refractivity contribution in [2.24, 2.45) is 0 Å². The van der Waals surface area contributed by atoms with Gasteiger partial charge in [0.15, 0.2) is 23.0 Å². The molecule has 0 amide bonds. The van der Waals surface area contributed by atoms with Gasteiger partial charge in [-0.3, -0.25) is 4.79 Å². The van der Waals surface area contributed by atoms with Gasteiger partial charge in [0.2, 0.25) is 6.79 Å². The molecule has 174 valence electrons. The Kier molecular flexibility index (Phi) is 5.51. The van der Waals surface area contributed by atoms with Crippen LogP contribution in [-0.4, -0.2) is 57.6 Å². The third-order valence-electron chi connectivity index (χ3n) is 6.10. The van der Waals surface area contributed by atoms with E-state index in [1.54, 1.807) is 33.0 Å². The van der Waals surface area contributed by atoms with E-state index in [2.05, 4.69) is 4.57 Å². The van der Waals surface area contributed by atoms with Gasteiger partial charge in [0.25, 0.3) is 5.56 Å². The molecule has 33 heavy (non-hydrogen) atoms. The third-order valence-corrected chi connectivity index (χ3v) is 6.10. The first-order chi connectivity index (χ1) is 16.1. The van der Waals surface area contributed by atoms with Gasteiger partial charge in [0.1, 0.15) is 0 Å². The minimum Gasteiger partial charge on any atom is -0.493 e. The monoisotopic (exact) mass is 454 g/mol. The van der Waals surface area contributed by atoms with Crippen molar-refractivity contribution in [2.45, 2.75) is 13.1 Å². The van der Waals surface area contributed by atoms with Crippen LogP contribution < -0.4 is 24.5 Å². The molecule has 5 rings (SSSR count). The van der Waals surface area contributed by atoms with Crippen LogP contribution >= 0.6 is 0 Å². The zero-order valence-corrected chi connectivity index (χ0v) is 19.1. The fourth-order valence-corrected chi connectivity index (χ4v) is 4.58. The number of rotatable bonds is 8. The minimum atomic E-state index is -0.109. The Morgan fingerprint density at radius 3 is 2.06 bits per heavy atom. The zero-order valence-electron chi connectivity index (χ0n) is 19.1. The highest BCUT2D eigenvalue weighted by molar-refractivity contribution is 6.17. The maximum atomic E-state index is 13.9. The summed E-state index contributed by atoms with van der Waals surface area (Å²) in [4.78, 5) is 13.9. The number of nitrogens with zero attached hydrogens (tertiary/aromatic N) is 2. The first-order valence-electron chi connectivity index (χ1n) is 10.6. The Bertz CT molecular complexity index is 1420. The van der Waals surface area contributed by atoms with Crippen molar-refractivity contribution in [3.8, 4) is 23.0 Å². The number of hydrogen-bond donors (Lipinski definition) is 0. The van der Waals surface area contributed by atoms with E-state index in [0.717, 1.165) is 27.3 Å². The van der Waals surface area contributed by atoms with E-state index in [4.69, 9.17) is 28.4 Å². The summed E-state index contributed by atoms with van der Waals surface area (Å²) in [5, 5.41) is 2.28. The standard InChI is InChI=1S/C24H26N2O7/c1-28-7-5-25-16-12-21-20(32-13-33-21)9-14(16)22-23(25)15-10-18(30-3)19(31-4)11-17(15)26(24(22)27)6-8-29-2/h9-12H,5-8,13H2,1-4H3. The number of fused-ring (bicyclic) bond motifs is 6. The normalized spacial score (nSPS) is 12.8. The number of benzene rings is 2. The van der Waals surface area contributed by atoms with Crippen LogP contribution in [0.4, 0.5) is 0 Å². The van der Waals surface area contributed by atoms with Gasteiger partial charge in [-0.15, -0.1) is 0 Å². The molecule has 0 aliphatic carbocycles. The van der Waals surface area contributed by atoms with Crippen LogP contribution in [0.5, 0.6) is 23.0 Å². The number of methoxy groups -OCH3 is 4. The van der Waals surface area contributed by atoms with Crippen LogP contribution in [0.3, 0.4) is 0 Å². The topological polar surface area (TPSA) is 82.3 Å². The molecule has 2 aromatic carbocycles. The van der Waals surface area contributed by atoms with Gasteiger partial charge in [-0.05, 0) is 12.1 Å². The lowest BCUT2D eigenvalue weighted by Gasteiger charge is -2.16. The molecule has 0 radical (unpaired) electrons. The average Bonchev–Trinajstić information content (AvgIpc) is 3.42. The predicted octanol–water partition coefficient (Wildman–Crippen LogP) is 3.15. The number of ether oxygens (including phenoxy) is 6. The molecule has 1 aliphatic rings. The van der Waals surface area contributed by atoms with Crippen molar-refractivity contribution in [2.75, 3.05) is 48.4 Å². The second kappa shape index (κ2) is 8.49. The summed E-state index contributed by atoms with van der Waals surface area (Å²) in [6.07, 6.45) is 0. The van der Waals surface area contributed by atoms with Crippen molar-refractivity contribution in [3.05, 3.63) is 34.6 Å². The maximum Gasteiger partial charge on any atom is 0.261 e. The average molecular weight is 454 g/mol. The van der Waals surface area contributed by atoms with Crippen LogP contribution in [0.15, 0.2) is 29.1 Å². The zero-order chi connectivity index (χ0) is 23.1. The second-order valence-electron chi connectivity index (χ2n) is 7.76. The molecule has 1 aliphatic heterocycles. The summed E-state index contributed by atoms with van der Waals surface area (Å²) in [5.41, 5.74) is 2.31. The lowest BCUT2D eigenvalue weighted by Crippen LogP contribution is -2.23. The molecule has 3 heterocycles. The third kappa shape index (κ3) is 3.27. The summed E-state index contributed by atoms with van der Waals surface area (Å²) in [5.74, 6) is 2.42. The second-order valence-corrected chi connectivity index (χ2v) is 7.76. The maximum absolute atomic E-state index is 13.9. The number of aromatic nitrogens is 2. The van der Waals surface area contributed by atoms with E-state index in [-0.39, 0.29) is 12.4 Å². The first-order valence-corrected chi connectivity index (χ1v) is 10.6. The molecule has 0 unspecified atom stereocenters. The number of pyridine rings is 1. The summed E-state index contributed by atoms with van der Waals surface area (Å²) in [6, 6.07) is 7.58. The molecule has 0 saturated heterocycles. The van der Waals surface area contributed by atoms with Crippen LogP contribution in [0.25, 0.3) is 32.7 Å². The molecule has 0 atom stereocenters. The highest BCUT2D eigenvalue weighted by Crippen LogP contribution is 2.42. The molecule has 0 spiro atoms. The Hall–Kier alpha value is -3.43. The van der Waals surface area contributed by atoms with Gasteiger partial charge in [-0.1, -0.05) is 0 Å². The van der Waals surface area contributed by atoms with Crippen LogP contribution in [-0.2, 0) is 22.6 Å². The molecule has 9 heteroatoms. The highest BCUT2D eigenvalue weighted by Gasteiger charge is 2.24. The highest BCUT2D eigenvalue weighted by atomic mass is 16.7. The summed E-state index contributed by atoms with van der Waals surface area (Å²) >= 11 is 0. The van der Waals surface area contributed by atoms with E-state index in [9.17, 15) is 4.79 Å². The Labute approximate surface area is 189 Å². The molecule has 0 saturated carbocycles. The lowest BCUT2D eigenvalue weighted by atomic mass is 10.1. The van der Waals surface area contributed by atoms with Crippen LogP contribution in [0.2, 0.25) is 0 Å². The quantitative estimate of drug-likeness (QED) is 0.405. The summed E-state index contributed by atoms with van der Waals surface area (Å²) in [6.45, 7) is 1.99. The van der Waals surface area contributed by atoms with E-state index < -0.39 is 0 Å². The van der Waals surface area contributed by atoms with Gasteiger partial charge in [-0.25, -0.2) is 0 Å². The first kappa shape index (κ1) is 21.4. The molecule has 0 fully saturated rings. The Balaban J connectivity index is 1.98. The van der Waals surface area contributed by atoms with Gasteiger partial charge in [-0.2, -0.15) is 0 Å². The molecule has 0 bridgehead atoms. The van der Waals surface area contributed by atoms with Crippen molar-refractivity contribution < 1.29 is 28.4 Å². The lowest BCUT2D eigenvalue weighted by molar-refractivity contribution is 0.174. The Morgan fingerprint density at radius 2 is 1.39 bits per heavy atom. The fourth-order valence-electron chi connectivity index (χ4n) is 4.58. The minimum absolute atomic E-state index is 0.109. The fraction of sp³-hybridized carbons (Fsp3) is 0.375. The van der Waals surface area contributed by atoms with Crippen molar-refractivity contribution >= 4 is 32.7 Å². The SMILES string of the molecule is COCCn1c(=O)c2c3cc4c(cc3n(CCOC)c2c2cc(OC)c(OC)cc21)OCO4. The summed E-state index contributed by atoms with van der Waals surface area (Å²) < 4.78 is 36.9. The van der Waals surface area contributed by atoms with Crippen LogP contribution in [0.1, 0.15) is 0 Å². The molecule has 2 aromatic heterocycles. The van der Waals surface area contributed by atoms with E-state index in [0.29, 0.717) is 54.7 Å². The van der Waals surface area contributed by atoms with Gasteiger partial charge < -0.3 is 37.6 Å². The Morgan fingerprint density at radius 1 is 0.788 bits per heavy atom. The number of hydrogen-bond acceptors (Lipinski definition) is 7. The molecule has 4 aromatic rings. The van der Waals surface area contributed by atoms with E-state index in [1.807, 2.05) is 24.3 Å². The summed E-state index contributed by atoms with van der Waals surface area (Å²) in [7, 11) is 6.46. The van der Waals surface area contributed by atoms with Crippen molar-refractivity contribution in [1.29, 1.82) is 0 Å². The molecular formula is C24H26N2O7.